The van der Waals surface area contributed by atoms with Gasteiger partial charge in [0.2, 0.25) is 0 Å². The van der Waals surface area contributed by atoms with Crippen molar-refractivity contribution >= 4 is 17.4 Å². The number of aryl methyl sites for hydroxylation is 1. The molecule has 1 fully saturated rings. The number of amides is 2. The van der Waals surface area contributed by atoms with Gasteiger partial charge in [0.05, 0.1) is 12.6 Å². The monoisotopic (exact) mass is 388 g/mol. The molecule has 2 aliphatic heterocycles. The van der Waals surface area contributed by atoms with E-state index in [1.165, 1.54) is 10.4 Å². The highest BCUT2D eigenvalue weighted by molar-refractivity contribution is 7.10. The highest BCUT2D eigenvalue weighted by Gasteiger charge is 2.34. The minimum atomic E-state index is 0.0426. The zero-order valence-corrected chi connectivity index (χ0v) is 17.2. The van der Waals surface area contributed by atoms with E-state index in [9.17, 15) is 4.79 Å². The van der Waals surface area contributed by atoms with E-state index in [4.69, 9.17) is 0 Å². The maximum Gasteiger partial charge on any atom is 0.320 e. The minimum absolute atomic E-state index is 0.0426. The van der Waals surface area contributed by atoms with Crippen LogP contribution in [0.3, 0.4) is 0 Å². The molecule has 146 valence electrons. The Labute approximate surface area is 164 Å². The summed E-state index contributed by atoms with van der Waals surface area (Å²) in [7, 11) is 3.63. The zero-order valence-electron chi connectivity index (χ0n) is 16.4. The van der Waals surface area contributed by atoms with E-state index in [0.29, 0.717) is 0 Å². The molecule has 0 bridgehead atoms. The van der Waals surface area contributed by atoms with Gasteiger partial charge in [0.1, 0.15) is 5.82 Å². The summed E-state index contributed by atoms with van der Waals surface area (Å²) in [6.07, 6.45) is 3.16. The molecule has 2 aromatic rings. The molecule has 0 radical (unpaired) electrons. The first-order chi connectivity index (χ1) is 13.0. The number of likely N-dealkylation sites (tertiary alicyclic amines) is 1. The second-order valence-electron chi connectivity index (χ2n) is 7.75. The van der Waals surface area contributed by atoms with Crippen LogP contribution in [0.5, 0.6) is 0 Å². The molecule has 2 amide bonds. The number of piperidine rings is 1. The van der Waals surface area contributed by atoms with Gasteiger partial charge in [0, 0.05) is 45.2 Å². The highest BCUT2D eigenvalue weighted by Crippen LogP contribution is 2.32. The number of carbonyl (C=O) groups is 1. The molecular weight excluding hydrogens is 360 g/mol. The summed E-state index contributed by atoms with van der Waals surface area (Å²) in [5.74, 6) is 1.99. The van der Waals surface area contributed by atoms with E-state index < -0.39 is 0 Å². The lowest BCUT2D eigenvalue weighted by Gasteiger charge is -2.37. The third-order valence-electron chi connectivity index (χ3n) is 5.63. The average molecular weight is 389 g/mol. The van der Waals surface area contributed by atoms with Gasteiger partial charge < -0.3 is 14.4 Å². The van der Waals surface area contributed by atoms with Gasteiger partial charge in [-0.3, -0.25) is 4.90 Å². The lowest BCUT2D eigenvalue weighted by atomic mass is 10.0. The molecule has 0 aliphatic carbocycles. The van der Waals surface area contributed by atoms with Crippen LogP contribution in [0.2, 0.25) is 0 Å². The number of thiophene rings is 1. The summed E-state index contributed by atoms with van der Waals surface area (Å²) < 4.78 is 2.25. The fraction of sp³-hybridized carbons (Fsp3) is 0.632. The molecule has 0 N–H and O–H groups in total. The third kappa shape index (κ3) is 3.60. The Balaban J connectivity index is 1.52. The van der Waals surface area contributed by atoms with E-state index in [0.717, 1.165) is 63.6 Å². The number of aromatic nitrogens is 3. The number of hydrogen-bond donors (Lipinski definition) is 0. The van der Waals surface area contributed by atoms with E-state index in [1.54, 1.807) is 4.90 Å². The maximum atomic E-state index is 12.6. The summed E-state index contributed by atoms with van der Waals surface area (Å²) in [6, 6.07) is 2.30. The SMILES string of the molecule is Cc1ccsc1CN1CCn2c(nnc2C2CCCCN2C(=O)N(C)C)C1. The van der Waals surface area contributed by atoms with E-state index in [-0.39, 0.29) is 12.1 Å². The molecular formula is C19H28N6OS. The number of fused-ring (bicyclic) bond motifs is 1. The molecule has 1 atom stereocenters. The van der Waals surface area contributed by atoms with Gasteiger partial charge >= 0.3 is 6.03 Å². The van der Waals surface area contributed by atoms with Crippen LogP contribution in [0.25, 0.3) is 0 Å². The van der Waals surface area contributed by atoms with Crippen molar-refractivity contribution < 1.29 is 4.79 Å². The highest BCUT2D eigenvalue weighted by atomic mass is 32.1. The molecule has 4 heterocycles. The molecule has 8 heteroatoms. The number of urea groups is 1. The Morgan fingerprint density at radius 3 is 2.85 bits per heavy atom. The third-order valence-corrected chi connectivity index (χ3v) is 6.63. The molecule has 2 aliphatic rings. The van der Waals surface area contributed by atoms with E-state index in [2.05, 4.69) is 38.0 Å². The Hall–Kier alpha value is -1.93. The molecule has 4 rings (SSSR count). The van der Waals surface area contributed by atoms with Gasteiger partial charge in [-0.05, 0) is 43.2 Å². The number of hydrogen-bond acceptors (Lipinski definition) is 5. The first-order valence-corrected chi connectivity index (χ1v) is 10.6. The lowest BCUT2D eigenvalue weighted by Crippen LogP contribution is -2.45. The largest absolute Gasteiger partial charge is 0.331 e. The van der Waals surface area contributed by atoms with E-state index >= 15 is 0 Å². The molecule has 0 spiro atoms. The summed E-state index contributed by atoms with van der Waals surface area (Å²) in [5, 5.41) is 11.2. The smallest absolute Gasteiger partial charge is 0.320 e. The molecule has 7 nitrogen and oxygen atoms in total. The fourth-order valence-corrected chi connectivity index (χ4v) is 5.01. The van der Waals surface area contributed by atoms with Gasteiger partial charge in [0.15, 0.2) is 5.82 Å². The first kappa shape index (κ1) is 18.4. The standard InChI is InChI=1S/C19H28N6OS/c1-14-7-11-27-16(14)12-23-9-10-25-17(13-23)20-21-18(25)15-6-4-5-8-24(15)19(26)22(2)3/h7,11,15H,4-6,8-10,12-13H2,1-3H3. The summed E-state index contributed by atoms with van der Waals surface area (Å²) in [4.78, 5) is 20.1. The van der Waals surface area contributed by atoms with Crippen molar-refractivity contribution in [2.45, 2.75) is 51.9 Å². The van der Waals surface area contributed by atoms with Crippen LogP contribution >= 0.6 is 11.3 Å². The van der Waals surface area contributed by atoms with Crippen LogP contribution < -0.4 is 0 Å². The van der Waals surface area contributed by atoms with Gasteiger partial charge in [-0.15, -0.1) is 21.5 Å². The molecule has 2 aromatic heterocycles. The average Bonchev–Trinajstić information content (AvgIpc) is 3.27. The first-order valence-electron chi connectivity index (χ1n) is 9.70. The Morgan fingerprint density at radius 2 is 2.11 bits per heavy atom. The van der Waals surface area contributed by atoms with Crippen LogP contribution in [0.4, 0.5) is 4.79 Å². The predicted molar refractivity (Wildman–Crippen MR) is 106 cm³/mol. The second-order valence-corrected chi connectivity index (χ2v) is 8.75. The van der Waals surface area contributed by atoms with Gasteiger partial charge in [-0.25, -0.2) is 4.79 Å². The quantitative estimate of drug-likeness (QED) is 0.811. The number of rotatable bonds is 3. The van der Waals surface area contributed by atoms with Crippen molar-refractivity contribution in [2.75, 3.05) is 27.2 Å². The van der Waals surface area contributed by atoms with Crippen molar-refractivity contribution in [2.24, 2.45) is 0 Å². The van der Waals surface area contributed by atoms with Gasteiger partial charge in [-0.2, -0.15) is 0 Å². The van der Waals surface area contributed by atoms with E-state index in [1.807, 2.05) is 30.3 Å². The van der Waals surface area contributed by atoms with Gasteiger partial charge in [0.25, 0.3) is 0 Å². The Morgan fingerprint density at radius 1 is 1.26 bits per heavy atom. The molecule has 0 saturated carbocycles. The Bertz CT molecular complexity index is 813. The summed E-state index contributed by atoms with van der Waals surface area (Å²) >= 11 is 1.83. The normalized spacial score (nSPS) is 20.6. The van der Waals surface area contributed by atoms with Crippen LogP contribution in [0.1, 0.15) is 47.4 Å². The van der Waals surface area contributed by atoms with Gasteiger partial charge in [-0.1, -0.05) is 0 Å². The lowest BCUT2D eigenvalue weighted by molar-refractivity contribution is 0.122. The van der Waals surface area contributed by atoms with Crippen molar-refractivity contribution in [1.82, 2.24) is 29.5 Å². The van der Waals surface area contributed by atoms with Crippen molar-refractivity contribution in [3.05, 3.63) is 33.5 Å². The van der Waals surface area contributed by atoms with Crippen LogP contribution in [0, 0.1) is 6.92 Å². The molecule has 0 aromatic carbocycles. The Kier molecular flexibility index (Phi) is 5.19. The topological polar surface area (TPSA) is 57.5 Å². The number of nitrogens with zero attached hydrogens (tertiary/aromatic N) is 6. The summed E-state index contributed by atoms with van der Waals surface area (Å²) in [5.41, 5.74) is 1.37. The maximum absolute atomic E-state index is 12.6. The van der Waals surface area contributed by atoms with Crippen molar-refractivity contribution in [3.8, 4) is 0 Å². The molecule has 27 heavy (non-hydrogen) atoms. The van der Waals surface area contributed by atoms with Crippen LogP contribution in [0.15, 0.2) is 11.4 Å². The predicted octanol–water partition coefficient (Wildman–Crippen LogP) is 2.87. The zero-order chi connectivity index (χ0) is 19.0. The van der Waals surface area contributed by atoms with Crippen LogP contribution in [-0.4, -0.2) is 62.7 Å². The summed E-state index contributed by atoms with van der Waals surface area (Å²) in [6.45, 7) is 6.65. The molecule has 1 unspecified atom stereocenters. The van der Waals surface area contributed by atoms with Crippen molar-refractivity contribution in [3.63, 3.8) is 0 Å². The number of carbonyl (C=O) groups excluding carboxylic acids is 1. The van der Waals surface area contributed by atoms with Crippen LogP contribution in [-0.2, 0) is 19.6 Å². The van der Waals surface area contributed by atoms with Crippen molar-refractivity contribution in [1.29, 1.82) is 0 Å². The minimum Gasteiger partial charge on any atom is -0.331 e. The molecule has 1 saturated heterocycles. The fourth-order valence-electron chi connectivity index (χ4n) is 4.07. The second kappa shape index (κ2) is 7.59.